The van der Waals surface area contributed by atoms with Gasteiger partial charge in [-0.05, 0) is 121 Å². The SMILES string of the molecule is CC12CCC1(C)N(c1ccccc1)c1ccc(-c3cc(-c4ccccc4)c4ccc5ccc(-c6ccccc6)c6ccc3c4c56)cc12. The highest BCUT2D eigenvalue weighted by molar-refractivity contribution is 6.30. The van der Waals surface area contributed by atoms with E-state index in [0.717, 1.165) is 0 Å². The molecule has 0 saturated heterocycles. The van der Waals surface area contributed by atoms with E-state index in [2.05, 4.69) is 170 Å². The molecule has 0 radical (unpaired) electrons. The average Bonchev–Trinajstić information content (AvgIpc) is 3.26. The minimum atomic E-state index is 0.0704. The maximum absolute atomic E-state index is 2.63. The van der Waals surface area contributed by atoms with Crippen LogP contribution in [-0.4, -0.2) is 5.54 Å². The van der Waals surface area contributed by atoms with Gasteiger partial charge in [-0.15, -0.1) is 0 Å². The highest BCUT2D eigenvalue weighted by atomic mass is 15.3. The van der Waals surface area contributed by atoms with Crippen molar-refractivity contribution in [1.29, 1.82) is 0 Å². The van der Waals surface area contributed by atoms with Gasteiger partial charge in [-0.1, -0.05) is 128 Å². The third-order valence-electron chi connectivity index (χ3n) is 11.9. The maximum Gasteiger partial charge on any atom is 0.0518 e. The Labute approximate surface area is 276 Å². The Morgan fingerprint density at radius 2 is 1.04 bits per heavy atom. The zero-order valence-corrected chi connectivity index (χ0v) is 26.8. The van der Waals surface area contributed by atoms with Crippen LogP contribution < -0.4 is 4.90 Å². The Bertz CT molecular complexity index is 2480. The first-order chi connectivity index (χ1) is 23.0. The minimum absolute atomic E-state index is 0.0704. The quantitative estimate of drug-likeness (QED) is 0.181. The van der Waals surface area contributed by atoms with E-state index in [1.54, 1.807) is 0 Å². The van der Waals surface area contributed by atoms with Crippen LogP contribution in [0.5, 0.6) is 0 Å². The summed E-state index contributed by atoms with van der Waals surface area (Å²) in [7, 11) is 0. The number of nitrogens with zero attached hydrogens (tertiary/aromatic N) is 1. The number of hydrogen-bond donors (Lipinski definition) is 0. The van der Waals surface area contributed by atoms with Crippen molar-refractivity contribution in [3.05, 3.63) is 157 Å². The Kier molecular flexibility index (Phi) is 5.45. The Morgan fingerprint density at radius 3 is 1.70 bits per heavy atom. The molecule has 1 saturated carbocycles. The van der Waals surface area contributed by atoms with Gasteiger partial charge in [0.1, 0.15) is 0 Å². The second kappa shape index (κ2) is 9.56. The summed E-state index contributed by atoms with van der Waals surface area (Å²) in [6, 6.07) is 56.6. The van der Waals surface area contributed by atoms with Crippen LogP contribution in [-0.2, 0) is 5.41 Å². The Hall–Kier alpha value is -5.40. The lowest BCUT2D eigenvalue weighted by Crippen LogP contribution is -2.60. The normalized spacial score (nSPS) is 20.1. The smallest absolute Gasteiger partial charge is 0.0518 e. The number of rotatable bonds is 4. The second-order valence-electron chi connectivity index (χ2n) is 14.1. The van der Waals surface area contributed by atoms with Crippen LogP contribution in [0.1, 0.15) is 32.3 Å². The lowest BCUT2D eigenvalue weighted by Gasteiger charge is -2.56. The fourth-order valence-corrected chi connectivity index (χ4v) is 9.11. The van der Waals surface area contributed by atoms with Crippen LogP contribution in [0, 0.1) is 0 Å². The standard InChI is InChI=1S/C46H35N/c1-45-26-27-46(45,2)47(34-16-10-5-11-17-34)42-25-20-33(28-41(42)45)40-29-39(31-14-8-4-9-15-31)37-22-19-32-18-21-35(30-12-6-3-7-13-30)36-23-24-38(40)44(37)43(32)36/h3-25,28-29H,26-27H2,1-2H3. The molecule has 8 aromatic carbocycles. The zero-order chi connectivity index (χ0) is 31.3. The van der Waals surface area contributed by atoms with E-state index < -0.39 is 0 Å². The van der Waals surface area contributed by atoms with Crippen molar-refractivity contribution < 1.29 is 0 Å². The average molecular weight is 602 g/mol. The number of hydrogen-bond acceptors (Lipinski definition) is 1. The predicted molar refractivity (Wildman–Crippen MR) is 200 cm³/mol. The molecule has 1 fully saturated rings. The molecule has 0 aromatic heterocycles. The van der Waals surface area contributed by atoms with Crippen LogP contribution in [0.25, 0.3) is 65.7 Å². The number of anilines is 2. The predicted octanol–water partition coefficient (Wildman–Crippen LogP) is 12.5. The van der Waals surface area contributed by atoms with E-state index in [1.165, 1.54) is 95.5 Å². The first-order valence-electron chi connectivity index (χ1n) is 16.9. The molecule has 2 unspecified atom stereocenters. The van der Waals surface area contributed by atoms with Crippen molar-refractivity contribution in [2.75, 3.05) is 4.90 Å². The third-order valence-corrected chi connectivity index (χ3v) is 11.9. The van der Waals surface area contributed by atoms with E-state index in [0.29, 0.717) is 0 Å². The van der Waals surface area contributed by atoms with Gasteiger partial charge in [0.2, 0.25) is 0 Å². The molecule has 1 heterocycles. The molecule has 1 nitrogen and oxygen atoms in total. The largest absolute Gasteiger partial charge is 0.334 e. The van der Waals surface area contributed by atoms with Gasteiger partial charge in [0, 0.05) is 16.8 Å². The molecule has 224 valence electrons. The molecule has 2 aliphatic rings. The summed E-state index contributed by atoms with van der Waals surface area (Å²) in [5.74, 6) is 0. The van der Waals surface area contributed by atoms with Gasteiger partial charge in [0.25, 0.3) is 0 Å². The summed E-state index contributed by atoms with van der Waals surface area (Å²) in [5, 5.41) is 7.96. The summed E-state index contributed by atoms with van der Waals surface area (Å²) < 4.78 is 0. The Morgan fingerprint density at radius 1 is 0.468 bits per heavy atom. The van der Waals surface area contributed by atoms with Gasteiger partial charge in [-0.2, -0.15) is 0 Å². The van der Waals surface area contributed by atoms with Crippen LogP contribution >= 0.6 is 0 Å². The molecule has 0 bridgehead atoms. The van der Waals surface area contributed by atoms with Gasteiger partial charge < -0.3 is 4.90 Å². The van der Waals surface area contributed by atoms with E-state index >= 15 is 0 Å². The molecular weight excluding hydrogens is 567 g/mol. The molecule has 1 heteroatoms. The zero-order valence-electron chi connectivity index (χ0n) is 26.8. The van der Waals surface area contributed by atoms with Crippen molar-refractivity contribution >= 4 is 43.7 Å². The van der Waals surface area contributed by atoms with Gasteiger partial charge in [-0.25, -0.2) is 0 Å². The van der Waals surface area contributed by atoms with E-state index in [-0.39, 0.29) is 11.0 Å². The highest BCUT2D eigenvalue weighted by Gasteiger charge is 2.63. The molecular formula is C46H35N. The molecule has 47 heavy (non-hydrogen) atoms. The van der Waals surface area contributed by atoms with Crippen molar-refractivity contribution in [3.8, 4) is 33.4 Å². The second-order valence-corrected chi connectivity index (χ2v) is 14.1. The molecule has 2 atom stereocenters. The number of benzene rings is 8. The van der Waals surface area contributed by atoms with Gasteiger partial charge in [0.05, 0.1) is 5.54 Å². The van der Waals surface area contributed by atoms with Crippen molar-refractivity contribution in [2.45, 2.75) is 37.6 Å². The third kappa shape index (κ3) is 3.55. The summed E-state index contributed by atoms with van der Waals surface area (Å²) in [5.41, 5.74) is 12.0. The fraction of sp³-hybridized carbons (Fsp3) is 0.130. The Balaban J connectivity index is 1.27. The van der Waals surface area contributed by atoms with E-state index in [9.17, 15) is 0 Å². The van der Waals surface area contributed by atoms with Gasteiger partial charge >= 0.3 is 0 Å². The summed E-state index contributed by atoms with van der Waals surface area (Å²) >= 11 is 0. The molecule has 8 aromatic rings. The molecule has 10 rings (SSSR count). The molecule has 1 aliphatic carbocycles. The first-order valence-corrected chi connectivity index (χ1v) is 16.9. The molecule has 0 spiro atoms. The molecule has 1 aliphatic heterocycles. The van der Waals surface area contributed by atoms with Gasteiger partial charge in [-0.3, -0.25) is 0 Å². The van der Waals surface area contributed by atoms with Crippen molar-refractivity contribution in [3.63, 3.8) is 0 Å². The van der Waals surface area contributed by atoms with Crippen LogP contribution in [0.2, 0.25) is 0 Å². The van der Waals surface area contributed by atoms with Crippen LogP contribution in [0.4, 0.5) is 11.4 Å². The summed E-state index contributed by atoms with van der Waals surface area (Å²) in [6.07, 6.45) is 2.41. The van der Waals surface area contributed by atoms with Crippen molar-refractivity contribution in [1.82, 2.24) is 0 Å². The lowest BCUT2D eigenvalue weighted by atomic mass is 9.55. The number of para-hydroxylation sites is 1. The highest BCUT2D eigenvalue weighted by Crippen LogP contribution is 2.65. The van der Waals surface area contributed by atoms with Crippen molar-refractivity contribution in [2.24, 2.45) is 0 Å². The monoisotopic (exact) mass is 601 g/mol. The minimum Gasteiger partial charge on any atom is -0.334 e. The van der Waals surface area contributed by atoms with E-state index in [1.807, 2.05) is 0 Å². The number of fused-ring (bicyclic) bond motifs is 3. The lowest BCUT2D eigenvalue weighted by molar-refractivity contribution is 0.133. The first kappa shape index (κ1) is 26.8. The maximum atomic E-state index is 2.63. The topological polar surface area (TPSA) is 3.24 Å². The summed E-state index contributed by atoms with van der Waals surface area (Å²) in [6.45, 7) is 4.96. The fourth-order valence-electron chi connectivity index (χ4n) is 9.11. The van der Waals surface area contributed by atoms with Crippen LogP contribution in [0.15, 0.2) is 152 Å². The molecule has 0 N–H and O–H groups in total. The molecule has 0 amide bonds. The van der Waals surface area contributed by atoms with E-state index in [4.69, 9.17) is 0 Å². The van der Waals surface area contributed by atoms with Gasteiger partial charge in [0.15, 0.2) is 0 Å². The summed E-state index contributed by atoms with van der Waals surface area (Å²) in [4.78, 5) is 2.63. The van der Waals surface area contributed by atoms with Crippen LogP contribution in [0.3, 0.4) is 0 Å².